The summed E-state index contributed by atoms with van der Waals surface area (Å²) in [4.78, 5) is 17.7. The predicted molar refractivity (Wildman–Crippen MR) is 41.4 cm³/mol. The van der Waals surface area contributed by atoms with E-state index in [4.69, 9.17) is 0 Å². The quantitative estimate of drug-likeness (QED) is 0.644. The van der Waals surface area contributed by atoms with Crippen LogP contribution < -0.4 is 5.56 Å². The Bertz CT molecular complexity index is 325. The highest BCUT2D eigenvalue weighted by Gasteiger charge is 2.41. The molecule has 1 saturated carbocycles. The molecule has 1 N–H and O–H groups in total. The molecule has 1 aliphatic rings. The number of nitrogens with zero attached hydrogens (tertiary/aromatic N) is 1. The van der Waals surface area contributed by atoms with Gasteiger partial charge in [0, 0.05) is 17.7 Å². The molecule has 1 aromatic heterocycles. The molecule has 1 aliphatic carbocycles. The van der Waals surface area contributed by atoms with Gasteiger partial charge >= 0.3 is 0 Å². The zero-order valence-corrected chi connectivity index (χ0v) is 6.42. The Balaban J connectivity index is 2.46. The smallest absolute Gasteiger partial charge is 0.250 e. The standard InChI is InChI=1S/C8H10N2O/c1-8(3-4-8)7-9-5-2-6(11)10-7/h2,5H,3-4H2,1H3,(H,9,10,11). The van der Waals surface area contributed by atoms with Gasteiger partial charge in [0.2, 0.25) is 0 Å². The molecule has 0 atom stereocenters. The monoisotopic (exact) mass is 150 g/mol. The summed E-state index contributed by atoms with van der Waals surface area (Å²) < 4.78 is 0. The van der Waals surface area contributed by atoms with E-state index in [1.807, 2.05) is 0 Å². The fourth-order valence-corrected chi connectivity index (χ4v) is 1.10. The van der Waals surface area contributed by atoms with Crippen LogP contribution in [0.15, 0.2) is 17.1 Å². The van der Waals surface area contributed by atoms with Gasteiger partial charge in [-0.3, -0.25) is 4.79 Å². The van der Waals surface area contributed by atoms with Gasteiger partial charge in [-0.25, -0.2) is 4.98 Å². The minimum Gasteiger partial charge on any atom is -0.310 e. The Morgan fingerprint density at radius 1 is 1.64 bits per heavy atom. The van der Waals surface area contributed by atoms with Crippen molar-refractivity contribution in [3.05, 3.63) is 28.4 Å². The Morgan fingerprint density at radius 2 is 2.36 bits per heavy atom. The highest BCUT2D eigenvalue weighted by molar-refractivity contribution is 5.14. The lowest BCUT2D eigenvalue weighted by atomic mass is 10.1. The number of rotatable bonds is 1. The predicted octanol–water partition coefficient (Wildman–Crippen LogP) is 0.821. The van der Waals surface area contributed by atoms with Gasteiger partial charge in [-0.1, -0.05) is 6.92 Å². The van der Waals surface area contributed by atoms with Crippen LogP contribution in [-0.2, 0) is 5.41 Å². The summed E-state index contributed by atoms with van der Waals surface area (Å²) in [7, 11) is 0. The maximum atomic E-state index is 10.9. The third-order valence-electron chi connectivity index (χ3n) is 2.24. The molecule has 1 heterocycles. The Kier molecular flexibility index (Phi) is 1.16. The first-order chi connectivity index (χ1) is 5.21. The van der Waals surface area contributed by atoms with Gasteiger partial charge in [-0.15, -0.1) is 0 Å². The molecule has 11 heavy (non-hydrogen) atoms. The fraction of sp³-hybridized carbons (Fsp3) is 0.500. The molecule has 0 unspecified atom stereocenters. The fourth-order valence-electron chi connectivity index (χ4n) is 1.10. The van der Waals surface area contributed by atoms with Crippen molar-refractivity contribution in [3.8, 4) is 0 Å². The molecule has 1 aromatic rings. The number of H-pyrrole nitrogens is 1. The summed E-state index contributed by atoms with van der Waals surface area (Å²) in [5, 5.41) is 0. The van der Waals surface area contributed by atoms with Crippen LogP contribution in [0.1, 0.15) is 25.6 Å². The van der Waals surface area contributed by atoms with Gasteiger partial charge < -0.3 is 4.98 Å². The summed E-state index contributed by atoms with van der Waals surface area (Å²) in [6, 6.07) is 1.44. The van der Waals surface area contributed by atoms with Crippen LogP contribution in [-0.4, -0.2) is 9.97 Å². The van der Waals surface area contributed by atoms with E-state index in [0.29, 0.717) is 0 Å². The number of aromatic amines is 1. The highest BCUT2D eigenvalue weighted by Crippen LogP contribution is 2.45. The maximum Gasteiger partial charge on any atom is 0.250 e. The number of hydrogen-bond donors (Lipinski definition) is 1. The molecule has 3 heteroatoms. The average molecular weight is 150 g/mol. The van der Waals surface area contributed by atoms with Gasteiger partial charge in [0.25, 0.3) is 5.56 Å². The highest BCUT2D eigenvalue weighted by atomic mass is 16.1. The summed E-state index contributed by atoms with van der Waals surface area (Å²) in [5.41, 5.74) is 0.114. The number of nitrogens with one attached hydrogen (secondary N) is 1. The summed E-state index contributed by atoms with van der Waals surface area (Å²) >= 11 is 0. The molecule has 0 radical (unpaired) electrons. The lowest BCUT2D eigenvalue weighted by Gasteiger charge is -2.04. The topological polar surface area (TPSA) is 45.8 Å². The molecule has 1 fully saturated rings. The minimum absolute atomic E-state index is 0.0527. The van der Waals surface area contributed by atoms with Crippen molar-refractivity contribution in [2.75, 3.05) is 0 Å². The first-order valence-electron chi connectivity index (χ1n) is 3.77. The van der Waals surface area contributed by atoms with E-state index >= 15 is 0 Å². The number of hydrogen-bond acceptors (Lipinski definition) is 2. The van der Waals surface area contributed by atoms with Crippen LogP contribution in [0.25, 0.3) is 0 Å². The second-order valence-electron chi connectivity index (χ2n) is 3.34. The van der Waals surface area contributed by atoms with E-state index in [9.17, 15) is 4.79 Å². The lowest BCUT2D eigenvalue weighted by Crippen LogP contribution is -2.14. The van der Waals surface area contributed by atoms with E-state index in [0.717, 1.165) is 18.7 Å². The lowest BCUT2D eigenvalue weighted by molar-refractivity contribution is 0.702. The molecular formula is C8H10N2O. The zero-order valence-electron chi connectivity index (χ0n) is 6.42. The van der Waals surface area contributed by atoms with Crippen molar-refractivity contribution in [1.29, 1.82) is 0 Å². The van der Waals surface area contributed by atoms with E-state index < -0.39 is 0 Å². The number of aromatic nitrogens is 2. The second-order valence-corrected chi connectivity index (χ2v) is 3.34. The van der Waals surface area contributed by atoms with Crippen molar-refractivity contribution in [2.45, 2.75) is 25.2 Å². The van der Waals surface area contributed by atoms with Gasteiger partial charge in [0.05, 0.1) is 0 Å². The van der Waals surface area contributed by atoms with E-state index in [1.54, 1.807) is 6.20 Å². The molecule has 0 amide bonds. The SMILES string of the molecule is CC1(c2nccc(=O)[nH]2)CC1. The van der Waals surface area contributed by atoms with Gasteiger partial charge in [-0.05, 0) is 12.8 Å². The molecule has 58 valence electrons. The van der Waals surface area contributed by atoms with Crippen LogP contribution in [0.2, 0.25) is 0 Å². The zero-order chi connectivity index (χ0) is 7.90. The Hall–Kier alpha value is -1.12. The first kappa shape index (κ1) is 6.58. The largest absolute Gasteiger partial charge is 0.310 e. The molecule has 0 aliphatic heterocycles. The molecule has 2 rings (SSSR count). The molecule has 0 spiro atoms. The van der Waals surface area contributed by atoms with Gasteiger partial charge in [-0.2, -0.15) is 0 Å². The normalized spacial score (nSPS) is 19.7. The maximum absolute atomic E-state index is 10.9. The van der Waals surface area contributed by atoms with Crippen LogP contribution in [0, 0.1) is 0 Å². The summed E-state index contributed by atoms with van der Waals surface area (Å²) in [6.45, 7) is 2.12. The van der Waals surface area contributed by atoms with Crippen molar-refractivity contribution < 1.29 is 0 Å². The van der Waals surface area contributed by atoms with Crippen molar-refractivity contribution in [1.82, 2.24) is 9.97 Å². The molecule has 3 nitrogen and oxygen atoms in total. The van der Waals surface area contributed by atoms with E-state index in [-0.39, 0.29) is 11.0 Å². The van der Waals surface area contributed by atoms with Crippen LogP contribution in [0.4, 0.5) is 0 Å². The Labute approximate surface area is 64.5 Å². The van der Waals surface area contributed by atoms with Crippen LogP contribution in [0.3, 0.4) is 0 Å². The summed E-state index contributed by atoms with van der Waals surface area (Å²) in [6.07, 6.45) is 3.84. The minimum atomic E-state index is -0.0527. The third-order valence-corrected chi connectivity index (χ3v) is 2.24. The van der Waals surface area contributed by atoms with Crippen LogP contribution in [0.5, 0.6) is 0 Å². The first-order valence-corrected chi connectivity index (χ1v) is 3.77. The average Bonchev–Trinajstić information content (AvgIpc) is 2.70. The molecule has 0 saturated heterocycles. The molecule has 0 bridgehead atoms. The van der Waals surface area contributed by atoms with Crippen LogP contribution >= 0.6 is 0 Å². The summed E-state index contributed by atoms with van der Waals surface area (Å²) in [5.74, 6) is 0.838. The molecule has 0 aromatic carbocycles. The second kappa shape index (κ2) is 1.94. The van der Waals surface area contributed by atoms with E-state index in [1.165, 1.54) is 6.07 Å². The van der Waals surface area contributed by atoms with Gasteiger partial charge in [0.1, 0.15) is 5.82 Å². The van der Waals surface area contributed by atoms with Crippen molar-refractivity contribution in [3.63, 3.8) is 0 Å². The third kappa shape index (κ3) is 1.06. The molecular weight excluding hydrogens is 140 g/mol. The van der Waals surface area contributed by atoms with Crippen molar-refractivity contribution in [2.24, 2.45) is 0 Å². The van der Waals surface area contributed by atoms with Crippen molar-refractivity contribution >= 4 is 0 Å². The van der Waals surface area contributed by atoms with E-state index in [2.05, 4.69) is 16.9 Å². The van der Waals surface area contributed by atoms with Gasteiger partial charge in [0.15, 0.2) is 0 Å². The Morgan fingerprint density at radius 3 is 2.91 bits per heavy atom.